The minimum atomic E-state index is -3.72. The third-order valence-electron chi connectivity index (χ3n) is 1.44. The number of hydrogen-bond donors (Lipinski definition) is 1. The standard InChI is InChI=1S/C8H17O6P/c1-4-12-8(7(9)10)15(11,13-5-2)14-6-3/h8H,4-6H2,1-3H3,(H,9,10). The SMILES string of the molecule is CCOC(C(=O)O)P(=O)(OCC)OCC. The number of aliphatic carboxylic acids is 1. The molecule has 0 saturated carbocycles. The second-order valence-electron chi connectivity index (χ2n) is 2.52. The predicted octanol–water partition coefficient (Wildman–Crippen LogP) is 1.70. The fourth-order valence-corrected chi connectivity index (χ4v) is 2.66. The third kappa shape index (κ3) is 4.30. The Labute approximate surface area is 89.1 Å². The second kappa shape index (κ2) is 6.95. The van der Waals surface area contributed by atoms with Gasteiger partial charge in [-0.2, -0.15) is 0 Å². The van der Waals surface area contributed by atoms with Crippen molar-refractivity contribution in [3.63, 3.8) is 0 Å². The predicted molar refractivity (Wildman–Crippen MR) is 53.9 cm³/mol. The van der Waals surface area contributed by atoms with Crippen molar-refractivity contribution >= 4 is 13.6 Å². The van der Waals surface area contributed by atoms with Gasteiger partial charge in [0.1, 0.15) is 0 Å². The van der Waals surface area contributed by atoms with Crippen molar-refractivity contribution in [2.24, 2.45) is 0 Å². The van der Waals surface area contributed by atoms with Gasteiger partial charge in [-0.1, -0.05) is 0 Å². The maximum absolute atomic E-state index is 12.0. The molecule has 90 valence electrons. The zero-order chi connectivity index (χ0) is 11.9. The van der Waals surface area contributed by atoms with E-state index in [0.717, 1.165) is 0 Å². The molecule has 1 unspecified atom stereocenters. The first-order valence-electron chi connectivity index (χ1n) is 4.75. The monoisotopic (exact) mass is 240 g/mol. The van der Waals surface area contributed by atoms with E-state index < -0.39 is 19.4 Å². The molecule has 0 heterocycles. The number of ether oxygens (including phenoxy) is 1. The average molecular weight is 240 g/mol. The normalized spacial score (nSPS) is 13.8. The lowest BCUT2D eigenvalue weighted by Crippen LogP contribution is -2.26. The van der Waals surface area contributed by atoms with Gasteiger partial charge in [0.15, 0.2) is 0 Å². The number of carboxylic acids is 1. The number of carboxylic acid groups (broad SMARTS) is 1. The first-order chi connectivity index (χ1) is 7.01. The topological polar surface area (TPSA) is 82.1 Å². The van der Waals surface area contributed by atoms with Crippen molar-refractivity contribution < 1.29 is 28.3 Å². The molecule has 1 N–H and O–H groups in total. The highest BCUT2D eigenvalue weighted by atomic mass is 31.2. The highest BCUT2D eigenvalue weighted by Crippen LogP contribution is 2.53. The zero-order valence-corrected chi connectivity index (χ0v) is 10.0. The molecule has 0 spiro atoms. The lowest BCUT2D eigenvalue weighted by Gasteiger charge is -2.22. The minimum absolute atomic E-state index is 0.105. The van der Waals surface area contributed by atoms with Crippen LogP contribution in [0.25, 0.3) is 0 Å². The molecule has 0 amide bonds. The van der Waals surface area contributed by atoms with Crippen LogP contribution in [0, 0.1) is 0 Å². The van der Waals surface area contributed by atoms with Crippen molar-refractivity contribution in [3.05, 3.63) is 0 Å². The van der Waals surface area contributed by atoms with Crippen LogP contribution in [0.15, 0.2) is 0 Å². The molecule has 0 aromatic heterocycles. The van der Waals surface area contributed by atoms with Crippen molar-refractivity contribution in [2.75, 3.05) is 19.8 Å². The van der Waals surface area contributed by atoms with Crippen LogP contribution in [0.1, 0.15) is 20.8 Å². The first kappa shape index (κ1) is 14.6. The third-order valence-corrected chi connectivity index (χ3v) is 3.62. The van der Waals surface area contributed by atoms with E-state index in [2.05, 4.69) is 0 Å². The summed E-state index contributed by atoms with van der Waals surface area (Å²) >= 11 is 0. The van der Waals surface area contributed by atoms with Gasteiger partial charge in [-0.05, 0) is 20.8 Å². The van der Waals surface area contributed by atoms with Crippen LogP contribution in [0.2, 0.25) is 0 Å². The maximum Gasteiger partial charge on any atom is 0.370 e. The first-order valence-corrected chi connectivity index (χ1v) is 6.36. The molecule has 7 heteroatoms. The summed E-state index contributed by atoms with van der Waals surface area (Å²) in [5, 5.41) is 8.84. The van der Waals surface area contributed by atoms with Gasteiger partial charge < -0.3 is 18.9 Å². The smallest absolute Gasteiger partial charge is 0.370 e. The molecule has 0 bridgehead atoms. The van der Waals surface area contributed by atoms with Crippen LogP contribution < -0.4 is 0 Å². The molecule has 0 saturated heterocycles. The van der Waals surface area contributed by atoms with Gasteiger partial charge in [0.2, 0.25) is 0 Å². The Hall–Kier alpha value is -0.420. The number of carbonyl (C=O) groups is 1. The molecular weight excluding hydrogens is 223 g/mol. The lowest BCUT2D eigenvalue weighted by atomic mass is 10.7. The van der Waals surface area contributed by atoms with E-state index in [9.17, 15) is 9.36 Å². The van der Waals surface area contributed by atoms with E-state index in [1.165, 1.54) is 0 Å². The Morgan fingerprint density at radius 2 is 1.67 bits per heavy atom. The zero-order valence-electron chi connectivity index (χ0n) is 9.13. The fourth-order valence-electron chi connectivity index (χ4n) is 0.988. The summed E-state index contributed by atoms with van der Waals surface area (Å²) in [5.41, 5.74) is 0. The molecule has 0 aromatic rings. The Morgan fingerprint density at radius 3 is 1.93 bits per heavy atom. The van der Waals surface area contributed by atoms with Gasteiger partial charge in [-0.25, -0.2) is 4.79 Å². The van der Waals surface area contributed by atoms with Crippen LogP contribution >= 0.6 is 7.60 Å². The quantitative estimate of drug-likeness (QED) is 0.650. The maximum atomic E-state index is 12.0. The summed E-state index contributed by atoms with van der Waals surface area (Å²) < 4.78 is 26.6. The number of rotatable bonds is 8. The van der Waals surface area contributed by atoms with Crippen LogP contribution in [-0.2, 0) is 23.1 Å². The van der Waals surface area contributed by atoms with E-state index in [-0.39, 0.29) is 19.8 Å². The van der Waals surface area contributed by atoms with Gasteiger partial charge in [-0.15, -0.1) is 0 Å². The van der Waals surface area contributed by atoms with Gasteiger partial charge >= 0.3 is 13.6 Å². The van der Waals surface area contributed by atoms with E-state index in [0.29, 0.717) is 0 Å². The molecular formula is C8H17O6P. The highest BCUT2D eigenvalue weighted by molar-refractivity contribution is 7.55. The van der Waals surface area contributed by atoms with E-state index >= 15 is 0 Å². The molecule has 0 aliphatic rings. The molecule has 0 fully saturated rings. The molecule has 6 nitrogen and oxygen atoms in total. The van der Waals surface area contributed by atoms with Crippen molar-refractivity contribution in [3.8, 4) is 0 Å². The van der Waals surface area contributed by atoms with Gasteiger partial charge in [0.25, 0.3) is 5.85 Å². The summed E-state index contributed by atoms with van der Waals surface area (Å²) in [4.78, 5) is 10.8. The van der Waals surface area contributed by atoms with Crippen LogP contribution in [0.3, 0.4) is 0 Å². The van der Waals surface area contributed by atoms with Crippen LogP contribution in [0.5, 0.6) is 0 Å². The molecule has 0 aliphatic heterocycles. The van der Waals surface area contributed by atoms with Crippen molar-refractivity contribution in [2.45, 2.75) is 26.6 Å². The van der Waals surface area contributed by atoms with Gasteiger partial charge in [-0.3, -0.25) is 4.57 Å². The summed E-state index contributed by atoms with van der Waals surface area (Å²) in [7, 11) is -3.72. The van der Waals surface area contributed by atoms with Crippen molar-refractivity contribution in [1.29, 1.82) is 0 Å². The van der Waals surface area contributed by atoms with Gasteiger partial charge in [0, 0.05) is 6.61 Å². The Kier molecular flexibility index (Phi) is 6.76. The second-order valence-corrected chi connectivity index (χ2v) is 4.59. The minimum Gasteiger partial charge on any atom is -0.479 e. The van der Waals surface area contributed by atoms with E-state index in [1.54, 1.807) is 20.8 Å². The Morgan fingerprint density at radius 1 is 1.20 bits per heavy atom. The fraction of sp³-hybridized carbons (Fsp3) is 0.875. The molecule has 0 aromatic carbocycles. The van der Waals surface area contributed by atoms with Gasteiger partial charge in [0.05, 0.1) is 13.2 Å². The summed E-state index contributed by atoms with van der Waals surface area (Å²) in [6, 6.07) is 0. The molecule has 0 radical (unpaired) electrons. The highest BCUT2D eigenvalue weighted by Gasteiger charge is 2.42. The Bertz CT molecular complexity index is 231. The largest absolute Gasteiger partial charge is 0.479 e. The summed E-state index contributed by atoms with van der Waals surface area (Å²) in [6.45, 7) is 5.16. The van der Waals surface area contributed by atoms with E-state index in [4.69, 9.17) is 18.9 Å². The van der Waals surface area contributed by atoms with Crippen molar-refractivity contribution in [1.82, 2.24) is 0 Å². The summed E-state index contributed by atoms with van der Waals surface area (Å²) in [5.74, 6) is -2.90. The Balaban J connectivity index is 4.81. The van der Waals surface area contributed by atoms with Crippen LogP contribution in [-0.4, -0.2) is 36.7 Å². The van der Waals surface area contributed by atoms with Crippen LogP contribution in [0.4, 0.5) is 0 Å². The number of hydrogen-bond acceptors (Lipinski definition) is 5. The summed E-state index contributed by atoms with van der Waals surface area (Å²) in [6.07, 6.45) is 0. The molecule has 0 aliphatic carbocycles. The molecule has 15 heavy (non-hydrogen) atoms. The van der Waals surface area contributed by atoms with E-state index in [1.807, 2.05) is 0 Å². The lowest BCUT2D eigenvalue weighted by molar-refractivity contribution is -0.145. The molecule has 0 rings (SSSR count). The average Bonchev–Trinajstić information content (AvgIpc) is 2.14. The molecule has 1 atom stereocenters.